The molecule has 5 nitrogen and oxygen atoms in total. The van der Waals surface area contributed by atoms with Crippen LogP contribution in [0, 0.1) is 6.92 Å². The lowest BCUT2D eigenvalue weighted by Gasteiger charge is -2.22. The minimum Gasteiger partial charge on any atom is -0.497 e. The van der Waals surface area contributed by atoms with Crippen LogP contribution in [0.5, 0.6) is 5.75 Å². The topological polar surface area (TPSA) is 68.4 Å². The number of unbranched alkanes of at least 4 members (excludes halogenated alkanes) is 4. The molecule has 5 heteroatoms. The summed E-state index contributed by atoms with van der Waals surface area (Å²) >= 11 is 0. The van der Waals surface area contributed by atoms with Crippen molar-refractivity contribution in [1.82, 2.24) is 4.98 Å². The highest BCUT2D eigenvalue weighted by atomic mass is 16.5. The summed E-state index contributed by atoms with van der Waals surface area (Å²) in [4.78, 5) is 28.5. The zero-order chi connectivity index (χ0) is 20.8. The summed E-state index contributed by atoms with van der Waals surface area (Å²) < 4.78 is 10.7. The number of benzene rings is 1. The summed E-state index contributed by atoms with van der Waals surface area (Å²) in [6.07, 6.45) is 6.69. The number of esters is 1. The molecule has 3 rings (SSSR count). The van der Waals surface area contributed by atoms with Gasteiger partial charge in [0.05, 0.1) is 13.7 Å². The number of hydrogen-bond donors (Lipinski definition) is 1. The third-order valence-corrected chi connectivity index (χ3v) is 5.76. The van der Waals surface area contributed by atoms with Crippen molar-refractivity contribution in [3.63, 3.8) is 0 Å². The first-order valence-corrected chi connectivity index (χ1v) is 10.6. The monoisotopic (exact) mass is 397 g/mol. The summed E-state index contributed by atoms with van der Waals surface area (Å²) in [5.41, 5.74) is 3.76. The molecule has 1 aromatic heterocycles. The van der Waals surface area contributed by atoms with Crippen LogP contribution in [0.25, 0.3) is 0 Å². The Morgan fingerprint density at radius 1 is 1.10 bits per heavy atom. The summed E-state index contributed by atoms with van der Waals surface area (Å²) in [5.74, 6) is 0.619. The van der Waals surface area contributed by atoms with E-state index in [0.717, 1.165) is 29.8 Å². The summed E-state index contributed by atoms with van der Waals surface area (Å²) in [6.45, 7) is 4.43. The van der Waals surface area contributed by atoms with E-state index in [2.05, 4.69) is 11.9 Å². The second-order valence-corrected chi connectivity index (χ2v) is 7.83. The number of carbonyl (C=O) groups is 2. The number of carbonyl (C=O) groups excluding carboxylic acids is 2. The SMILES string of the molecule is CCCCCCCOC(=O)c1[nH]c2c(c1C)C(=O)CC(c1ccc(OC)cc1)C2. The smallest absolute Gasteiger partial charge is 0.355 e. The second kappa shape index (κ2) is 9.77. The number of fused-ring (bicyclic) bond motifs is 1. The molecule has 0 saturated heterocycles. The molecule has 2 aromatic rings. The average Bonchev–Trinajstić information content (AvgIpc) is 3.07. The highest BCUT2D eigenvalue weighted by Gasteiger charge is 2.32. The fourth-order valence-corrected chi connectivity index (χ4v) is 4.09. The molecule has 1 aromatic carbocycles. The summed E-state index contributed by atoms with van der Waals surface area (Å²) in [7, 11) is 1.64. The van der Waals surface area contributed by atoms with Crippen LogP contribution in [0.4, 0.5) is 0 Å². The molecule has 0 amide bonds. The zero-order valence-electron chi connectivity index (χ0n) is 17.7. The van der Waals surface area contributed by atoms with Crippen LogP contribution in [0.1, 0.15) is 89.0 Å². The molecule has 1 atom stereocenters. The number of methoxy groups -OCH3 is 1. The second-order valence-electron chi connectivity index (χ2n) is 7.83. The van der Waals surface area contributed by atoms with Gasteiger partial charge in [0.1, 0.15) is 11.4 Å². The number of ketones is 1. The lowest BCUT2D eigenvalue weighted by Crippen LogP contribution is -2.18. The van der Waals surface area contributed by atoms with Gasteiger partial charge >= 0.3 is 5.97 Å². The van der Waals surface area contributed by atoms with Crippen molar-refractivity contribution in [2.75, 3.05) is 13.7 Å². The van der Waals surface area contributed by atoms with Gasteiger partial charge in [-0.1, -0.05) is 44.7 Å². The predicted molar refractivity (Wildman–Crippen MR) is 113 cm³/mol. The van der Waals surface area contributed by atoms with Crippen molar-refractivity contribution in [3.8, 4) is 5.75 Å². The van der Waals surface area contributed by atoms with Crippen LogP contribution in [0.3, 0.4) is 0 Å². The molecule has 0 bridgehead atoms. The Labute approximate surface area is 172 Å². The number of rotatable bonds is 9. The molecule has 1 aliphatic rings. The van der Waals surface area contributed by atoms with Crippen LogP contribution in [-0.4, -0.2) is 30.5 Å². The molecule has 29 heavy (non-hydrogen) atoms. The summed E-state index contributed by atoms with van der Waals surface area (Å²) in [5, 5.41) is 0. The van der Waals surface area contributed by atoms with Crippen molar-refractivity contribution >= 4 is 11.8 Å². The van der Waals surface area contributed by atoms with Crippen LogP contribution < -0.4 is 4.74 Å². The zero-order valence-corrected chi connectivity index (χ0v) is 17.7. The van der Waals surface area contributed by atoms with Gasteiger partial charge in [-0.2, -0.15) is 0 Å². The third kappa shape index (κ3) is 4.89. The van der Waals surface area contributed by atoms with Gasteiger partial charge in [0.25, 0.3) is 0 Å². The van der Waals surface area contributed by atoms with Crippen LogP contribution in [0.2, 0.25) is 0 Å². The van der Waals surface area contributed by atoms with Gasteiger partial charge in [-0.25, -0.2) is 4.79 Å². The predicted octanol–water partition coefficient (Wildman–Crippen LogP) is 5.37. The third-order valence-electron chi connectivity index (χ3n) is 5.76. The minimum atomic E-state index is -0.360. The van der Waals surface area contributed by atoms with E-state index in [4.69, 9.17) is 9.47 Å². The van der Waals surface area contributed by atoms with E-state index in [1.165, 1.54) is 19.3 Å². The standard InChI is InChI=1S/C24H31NO4/c1-4-5-6-7-8-13-29-24(27)23-16(2)22-20(25-23)14-18(15-21(22)26)17-9-11-19(28-3)12-10-17/h9-12,18,25H,4-8,13-15H2,1-3H3. The first-order chi connectivity index (χ1) is 14.0. The fourth-order valence-electron chi connectivity index (χ4n) is 4.09. The van der Waals surface area contributed by atoms with Crippen molar-refractivity contribution in [3.05, 3.63) is 52.3 Å². The first-order valence-electron chi connectivity index (χ1n) is 10.6. The van der Waals surface area contributed by atoms with Gasteiger partial charge in [0, 0.05) is 17.7 Å². The van der Waals surface area contributed by atoms with Crippen molar-refractivity contribution in [2.24, 2.45) is 0 Å². The Balaban J connectivity index is 1.67. The van der Waals surface area contributed by atoms with Crippen molar-refractivity contribution < 1.29 is 19.1 Å². The van der Waals surface area contributed by atoms with Crippen LogP contribution >= 0.6 is 0 Å². The number of nitrogens with one attached hydrogen (secondary N) is 1. The Morgan fingerprint density at radius 3 is 2.52 bits per heavy atom. The van der Waals surface area contributed by atoms with E-state index in [1.54, 1.807) is 7.11 Å². The molecule has 1 N–H and O–H groups in total. The van der Waals surface area contributed by atoms with E-state index >= 15 is 0 Å². The van der Waals surface area contributed by atoms with E-state index in [0.29, 0.717) is 36.3 Å². The number of hydrogen-bond acceptors (Lipinski definition) is 4. The number of aromatic nitrogens is 1. The van der Waals surface area contributed by atoms with Crippen molar-refractivity contribution in [2.45, 2.75) is 64.7 Å². The van der Waals surface area contributed by atoms with Gasteiger partial charge in [0.15, 0.2) is 5.78 Å². The largest absolute Gasteiger partial charge is 0.497 e. The number of aromatic amines is 1. The Bertz CT molecular complexity index is 851. The van der Waals surface area contributed by atoms with E-state index in [1.807, 2.05) is 31.2 Å². The number of ether oxygens (including phenoxy) is 2. The Hall–Kier alpha value is -2.56. The molecular weight excluding hydrogens is 366 g/mol. The van der Waals surface area contributed by atoms with Crippen molar-refractivity contribution in [1.29, 1.82) is 0 Å². The van der Waals surface area contributed by atoms with Gasteiger partial charge in [-0.05, 0) is 48.9 Å². The van der Waals surface area contributed by atoms with E-state index in [-0.39, 0.29) is 17.7 Å². The lowest BCUT2D eigenvalue weighted by atomic mass is 9.81. The van der Waals surface area contributed by atoms with Gasteiger partial charge in [-0.3, -0.25) is 4.79 Å². The lowest BCUT2D eigenvalue weighted by molar-refractivity contribution is 0.0490. The molecule has 0 aliphatic heterocycles. The molecule has 0 radical (unpaired) electrons. The molecule has 1 unspecified atom stereocenters. The van der Waals surface area contributed by atoms with Gasteiger partial charge in [0.2, 0.25) is 0 Å². The maximum absolute atomic E-state index is 12.8. The average molecular weight is 398 g/mol. The molecule has 1 heterocycles. The summed E-state index contributed by atoms with van der Waals surface area (Å²) in [6, 6.07) is 7.84. The molecule has 1 aliphatic carbocycles. The quantitative estimate of drug-likeness (QED) is 0.456. The minimum absolute atomic E-state index is 0.0828. The maximum atomic E-state index is 12.8. The fraction of sp³-hybridized carbons (Fsp3) is 0.500. The van der Waals surface area contributed by atoms with E-state index < -0.39 is 0 Å². The van der Waals surface area contributed by atoms with Gasteiger partial charge in [-0.15, -0.1) is 0 Å². The molecular formula is C24H31NO4. The van der Waals surface area contributed by atoms with Crippen LogP contribution in [-0.2, 0) is 11.2 Å². The number of H-pyrrole nitrogens is 1. The first kappa shape index (κ1) is 21.2. The number of Topliss-reactive ketones (excluding diaryl/α,β-unsaturated/α-hetero) is 1. The molecule has 0 spiro atoms. The van der Waals surface area contributed by atoms with Gasteiger partial charge < -0.3 is 14.5 Å². The van der Waals surface area contributed by atoms with E-state index in [9.17, 15) is 9.59 Å². The highest BCUT2D eigenvalue weighted by molar-refractivity contribution is 6.03. The molecule has 0 fully saturated rings. The Morgan fingerprint density at radius 2 is 1.83 bits per heavy atom. The van der Waals surface area contributed by atoms with Crippen LogP contribution in [0.15, 0.2) is 24.3 Å². The molecule has 156 valence electrons. The maximum Gasteiger partial charge on any atom is 0.355 e. The Kier molecular flexibility index (Phi) is 7.13. The molecule has 0 saturated carbocycles. The highest BCUT2D eigenvalue weighted by Crippen LogP contribution is 2.35. The normalized spacial score (nSPS) is 15.8.